The molecule has 0 bridgehead atoms. The Morgan fingerprint density at radius 2 is 1.32 bits per heavy atom. The van der Waals surface area contributed by atoms with Crippen LogP contribution in [0.3, 0.4) is 0 Å². The van der Waals surface area contributed by atoms with Crippen molar-refractivity contribution in [1.29, 1.82) is 0 Å². The summed E-state index contributed by atoms with van der Waals surface area (Å²) < 4.78 is 12.9. The van der Waals surface area contributed by atoms with Crippen LogP contribution < -0.4 is 5.46 Å². The van der Waals surface area contributed by atoms with Crippen molar-refractivity contribution in [2.24, 2.45) is 0 Å². The average molecular weight is 453 g/mol. The van der Waals surface area contributed by atoms with Crippen LogP contribution in [0.1, 0.15) is 56.4 Å². The van der Waals surface area contributed by atoms with Crippen molar-refractivity contribution in [3.63, 3.8) is 0 Å². The number of benzene rings is 3. The molecule has 4 heteroatoms. The summed E-state index contributed by atoms with van der Waals surface area (Å²) in [6.07, 6.45) is 3.28. The summed E-state index contributed by atoms with van der Waals surface area (Å²) in [4.78, 5) is 2.66. The van der Waals surface area contributed by atoms with E-state index in [2.05, 4.69) is 111 Å². The van der Waals surface area contributed by atoms with E-state index in [0.29, 0.717) is 6.04 Å². The first-order chi connectivity index (χ1) is 16.3. The highest BCUT2D eigenvalue weighted by molar-refractivity contribution is 6.62. The number of hydrogen-bond donors (Lipinski definition) is 0. The minimum Gasteiger partial charge on any atom is -0.399 e. The minimum absolute atomic E-state index is 0.310. The summed E-state index contributed by atoms with van der Waals surface area (Å²) >= 11 is 0. The molecule has 0 radical (unpaired) electrons. The van der Waals surface area contributed by atoms with Crippen LogP contribution in [0.25, 0.3) is 0 Å². The first-order valence-corrected chi connectivity index (χ1v) is 12.6. The van der Waals surface area contributed by atoms with Gasteiger partial charge in [-0.1, -0.05) is 78.9 Å². The van der Waals surface area contributed by atoms with E-state index < -0.39 is 0 Å². The summed E-state index contributed by atoms with van der Waals surface area (Å²) in [6.45, 7) is 10.4. The van der Waals surface area contributed by atoms with Crippen molar-refractivity contribution in [2.75, 3.05) is 0 Å². The zero-order chi connectivity index (χ0) is 23.8. The van der Waals surface area contributed by atoms with Crippen molar-refractivity contribution in [1.82, 2.24) is 4.90 Å². The molecule has 1 heterocycles. The van der Waals surface area contributed by atoms with E-state index in [1.165, 1.54) is 34.1 Å². The molecule has 3 nitrogen and oxygen atoms in total. The molecule has 1 fully saturated rings. The molecule has 5 rings (SSSR count). The van der Waals surface area contributed by atoms with E-state index in [9.17, 15) is 0 Å². The number of nitrogens with zero attached hydrogens (tertiary/aromatic N) is 1. The predicted molar refractivity (Wildman–Crippen MR) is 140 cm³/mol. The van der Waals surface area contributed by atoms with E-state index in [1.54, 1.807) is 0 Å². The zero-order valence-corrected chi connectivity index (χ0v) is 21.0. The van der Waals surface area contributed by atoms with Gasteiger partial charge in [-0.2, -0.15) is 0 Å². The lowest BCUT2D eigenvalue weighted by Gasteiger charge is -2.36. The Morgan fingerprint density at radius 3 is 1.88 bits per heavy atom. The van der Waals surface area contributed by atoms with Crippen LogP contribution in [0, 0.1) is 0 Å². The van der Waals surface area contributed by atoms with E-state index in [1.807, 2.05) is 0 Å². The molecule has 0 aromatic heterocycles. The van der Waals surface area contributed by atoms with Gasteiger partial charge in [0.2, 0.25) is 0 Å². The quantitative estimate of drug-likeness (QED) is 0.457. The average Bonchev–Trinajstić information content (AvgIpc) is 3.06. The van der Waals surface area contributed by atoms with Gasteiger partial charge in [0.25, 0.3) is 0 Å². The predicted octanol–water partition coefficient (Wildman–Crippen LogP) is 5.55. The molecule has 3 aromatic rings. The highest BCUT2D eigenvalue weighted by Crippen LogP contribution is 2.37. The molecular formula is C30H36BNO2. The highest BCUT2D eigenvalue weighted by atomic mass is 16.7. The van der Waals surface area contributed by atoms with Gasteiger partial charge in [-0.25, -0.2) is 0 Å². The summed E-state index contributed by atoms with van der Waals surface area (Å²) in [6, 6.07) is 28.9. The van der Waals surface area contributed by atoms with Gasteiger partial charge in [-0.05, 0) is 74.7 Å². The summed E-state index contributed by atoms with van der Waals surface area (Å²) in [5.74, 6) is 0. The van der Waals surface area contributed by atoms with Gasteiger partial charge in [-0.3, -0.25) is 4.90 Å². The Hall–Kier alpha value is -2.40. The fraction of sp³-hybridized carbons (Fsp3) is 0.400. The van der Waals surface area contributed by atoms with Gasteiger partial charge in [0.05, 0.1) is 11.2 Å². The fourth-order valence-corrected chi connectivity index (χ4v) is 5.25. The summed E-state index contributed by atoms with van der Waals surface area (Å²) in [5, 5.41) is 0. The zero-order valence-electron chi connectivity index (χ0n) is 21.0. The normalized spacial score (nSPS) is 21.0. The molecule has 2 aliphatic rings. The van der Waals surface area contributed by atoms with Crippen LogP contribution in [-0.2, 0) is 35.2 Å². The van der Waals surface area contributed by atoms with Gasteiger partial charge in [0.15, 0.2) is 0 Å². The van der Waals surface area contributed by atoms with E-state index >= 15 is 0 Å². The van der Waals surface area contributed by atoms with Crippen LogP contribution in [0.15, 0.2) is 78.9 Å². The minimum atomic E-state index is -0.332. The van der Waals surface area contributed by atoms with Crippen LogP contribution >= 0.6 is 0 Å². The maximum Gasteiger partial charge on any atom is 0.495 e. The van der Waals surface area contributed by atoms with Crippen LogP contribution in [-0.4, -0.2) is 29.3 Å². The molecule has 0 N–H and O–H groups in total. The standard InChI is InChI=1S/C30H36BNO2/c1-29(2)30(3,4)34-31(33-29)28-17-11-16-25-18-19-26(20-27(25)28)32(21-23-12-7-5-8-13-23)22-24-14-9-6-10-15-24/h5-17,26H,18-22H2,1-4H3. The Kier molecular flexibility index (Phi) is 6.41. The highest BCUT2D eigenvalue weighted by Gasteiger charge is 2.52. The molecular weight excluding hydrogens is 417 g/mol. The molecule has 3 aromatic carbocycles. The SMILES string of the molecule is CC1(C)OB(c2cccc3c2CC(N(Cc2ccccc2)Cc2ccccc2)CC3)OC1(C)C. The third-order valence-corrected chi connectivity index (χ3v) is 7.98. The van der Waals surface area contributed by atoms with Crippen LogP contribution in [0.5, 0.6) is 0 Å². The van der Waals surface area contributed by atoms with E-state index in [-0.39, 0.29) is 18.3 Å². The van der Waals surface area contributed by atoms with Gasteiger partial charge < -0.3 is 9.31 Å². The van der Waals surface area contributed by atoms with Gasteiger partial charge in [0, 0.05) is 19.1 Å². The van der Waals surface area contributed by atoms with Crippen LogP contribution in [0.4, 0.5) is 0 Å². The molecule has 0 saturated carbocycles. The third kappa shape index (κ3) is 4.72. The first kappa shape index (κ1) is 23.4. The molecule has 1 atom stereocenters. The van der Waals surface area contributed by atoms with Crippen molar-refractivity contribution < 1.29 is 9.31 Å². The van der Waals surface area contributed by atoms with Gasteiger partial charge in [-0.15, -0.1) is 0 Å². The largest absolute Gasteiger partial charge is 0.495 e. The van der Waals surface area contributed by atoms with E-state index in [4.69, 9.17) is 9.31 Å². The monoisotopic (exact) mass is 453 g/mol. The van der Waals surface area contributed by atoms with E-state index in [0.717, 1.165) is 25.9 Å². The second-order valence-corrected chi connectivity index (χ2v) is 10.8. The topological polar surface area (TPSA) is 21.7 Å². The summed E-state index contributed by atoms with van der Waals surface area (Å²) in [5.41, 5.74) is 6.14. The van der Waals surface area contributed by atoms with Crippen LogP contribution in [0.2, 0.25) is 0 Å². The molecule has 34 heavy (non-hydrogen) atoms. The number of fused-ring (bicyclic) bond motifs is 1. The number of hydrogen-bond acceptors (Lipinski definition) is 3. The number of aryl methyl sites for hydroxylation is 1. The number of rotatable bonds is 6. The molecule has 1 saturated heterocycles. The Morgan fingerprint density at radius 1 is 0.765 bits per heavy atom. The smallest absolute Gasteiger partial charge is 0.399 e. The van der Waals surface area contributed by atoms with Gasteiger partial charge >= 0.3 is 7.12 Å². The maximum atomic E-state index is 6.47. The van der Waals surface area contributed by atoms with Crippen molar-refractivity contribution >= 4 is 12.6 Å². The lowest BCUT2D eigenvalue weighted by atomic mass is 9.71. The van der Waals surface area contributed by atoms with Crippen molar-refractivity contribution in [2.45, 2.75) is 77.3 Å². The van der Waals surface area contributed by atoms with Gasteiger partial charge in [0.1, 0.15) is 0 Å². The Labute approximate surface area is 205 Å². The molecule has 0 spiro atoms. The lowest BCUT2D eigenvalue weighted by molar-refractivity contribution is 0.00578. The lowest BCUT2D eigenvalue weighted by Crippen LogP contribution is -2.43. The molecule has 1 aliphatic carbocycles. The third-order valence-electron chi connectivity index (χ3n) is 7.98. The fourth-order valence-electron chi connectivity index (χ4n) is 5.25. The summed E-state index contributed by atoms with van der Waals surface area (Å²) in [7, 11) is -0.310. The second-order valence-electron chi connectivity index (χ2n) is 10.8. The van der Waals surface area contributed by atoms with Crippen molar-refractivity contribution in [3.05, 3.63) is 101 Å². The Balaban J connectivity index is 1.43. The van der Waals surface area contributed by atoms with Crippen molar-refractivity contribution in [3.8, 4) is 0 Å². The molecule has 1 aliphatic heterocycles. The second kappa shape index (κ2) is 9.33. The maximum absolute atomic E-state index is 6.47. The molecule has 0 amide bonds. The molecule has 1 unspecified atom stereocenters. The first-order valence-electron chi connectivity index (χ1n) is 12.6. The Bertz CT molecular complexity index is 1060. The molecule has 176 valence electrons.